The number of methoxy groups -OCH3 is 1. The molecule has 0 spiro atoms. The fourth-order valence-electron chi connectivity index (χ4n) is 8.18. The highest BCUT2D eigenvalue weighted by Gasteiger charge is 2.55. The minimum atomic E-state index is -0.496. The summed E-state index contributed by atoms with van der Waals surface area (Å²) < 4.78 is 4.87. The summed E-state index contributed by atoms with van der Waals surface area (Å²) in [6.45, 7) is 1.65. The second-order valence-corrected chi connectivity index (χ2v) is 13.8. The van der Waals surface area contributed by atoms with E-state index in [4.69, 9.17) is 9.72 Å². The molecule has 1 aromatic heterocycles. The predicted molar refractivity (Wildman–Crippen MR) is 144 cm³/mol. The van der Waals surface area contributed by atoms with Gasteiger partial charge in [0.2, 0.25) is 0 Å². The van der Waals surface area contributed by atoms with Gasteiger partial charge in [0.1, 0.15) is 10.8 Å². The Morgan fingerprint density at radius 2 is 1.89 bits per heavy atom. The van der Waals surface area contributed by atoms with Crippen molar-refractivity contribution in [3.63, 3.8) is 0 Å². The van der Waals surface area contributed by atoms with Gasteiger partial charge < -0.3 is 20.1 Å². The molecule has 37 heavy (non-hydrogen) atoms. The molecule has 6 fully saturated rings. The summed E-state index contributed by atoms with van der Waals surface area (Å²) in [7, 11) is 1.44. The number of ether oxygens (including phenoxy) is 1. The predicted octanol–water partition coefficient (Wildman–Crippen LogP) is 4.57. The summed E-state index contributed by atoms with van der Waals surface area (Å²) in [4.78, 5) is 32.8. The normalized spacial score (nSPS) is 35.1. The molecule has 5 aliphatic carbocycles. The highest BCUT2D eigenvalue weighted by Crippen LogP contribution is 2.55. The van der Waals surface area contributed by atoms with E-state index in [1.165, 1.54) is 39.2 Å². The molecule has 1 saturated heterocycles. The van der Waals surface area contributed by atoms with Crippen LogP contribution in [-0.4, -0.2) is 59.1 Å². The average Bonchev–Trinajstić information content (AvgIpc) is 3.34. The molecule has 0 aromatic carbocycles. The van der Waals surface area contributed by atoms with Crippen LogP contribution in [0.25, 0.3) is 0 Å². The van der Waals surface area contributed by atoms with Gasteiger partial charge in [0, 0.05) is 24.4 Å². The van der Waals surface area contributed by atoms with Crippen LogP contribution in [0.5, 0.6) is 0 Å². The number of carbonyl (C=O) groups is 2. The van der Waals surface area contributed by atoms with Crippen molar-refractivity contribution in [1.82, 2.24) is 10.3 Å². The lowest BCUT2D eigenvalue weighted by atomic mass is 9.52. The van der Waals surface area contributed by atoms with Crippen molar-refractivity contribution >= 4 is 29.5 Å². The maximum Gasteiger partial charge on any atom is 0.305 e. The molecule has 8 heteroatoms. The number of nitrogens with zero attached hydrogens (tertiary/aromatic N) is 2. The van der Waals surface area contributed by atoms with Crippen molar-refractivity contribution in [3.05, 3.63) is 17.7 Å². The van der Waals surface area contributed by atoms with Crippen LogP contribution < -0.4 is 10.2 Å². The monoisotopic (exact) mass is 527 g/mol. The molecule has 7 rings (SSSR count). The molecule has 0 radical (unpaired) electrons. The minimum absolute atomic E-state index is 0.00758. The van der Waals surface area contributed by atoms with Crippen molar-refractivity contribution in [2.45, 2.75) is 99.0 Å². The SMILES string of the molecule is COC(=O)C[C@@H]1CCN(c2ccc(C(=O)N[C@H]3C4CC5CC3C[C@@](O)(C5)C4)c(SC3CCCCC3)n2)C1. The molecule has 3 atom stereocenters. The topological polar surface area (TPSA) is 91.8 Å². The van der Waals surface area contributed by atoms with Crippen molar-refractivity contribution in [2.24, 2.45) is 23.7 Å². The molecule has 1 aromatic rings. The lowest BCUT2D eigenvalue weighted by Gasteiger charge is -2.58. The molecule has 4 bridgehead atoms. The number of amides is 1. The first-order valence-electron chi connectivity index (χ1n) is 14.4. The summed E-state index contributed by atoms with van der Waals surface area (Å²) in [5.41, 5.74) is 0.196. The Morgan fingerprint density at radius 1 is 1.14 bits per heavy atom. The summed E-state index contributed by atoms with van der Waals surface area (Å²) in [6, 6.07) is 4.12. The Labute approximate surface area is 224 Å². The lowest BCUT2D eigenvalue weighted by molar-refractivity contribution is -0.141. The third-order valence-corrected chi connectivity index (χ3v) is 11.1. The van der Waals surface area contributed by atoms with Gasteiger partial charge in [0.25, 0.3) is 5.91 Å². The van der Waals surface area contributed by atoms with Crippen LogP contribution in [0.1, 0.15) is 87.4 Å². The zero-order valence-corrected chi connectivity index (χ0v) is 22.8. The summed E-state index contributed by atoms with van der Waals surface area (Å²) in [6.07, 6.45) is 12.4. The zero-order valence-electron chi connectivity index (χ0n) is 22.0. The van der Waals surface area contributed by atoms with E-state index in [-0.39, 0.29) is 23.8 Å². The number of aromatic nitrogens is 1. The van der Waals surface area contributed by atoms with E-state index < -0.39 is 5.60 Å². The summed E-state index contributed by atoms with van der Waals surface area (Å²) >= 11 is 1.78. The molecule has 1 amide bonds. The fourth-order valence-corrected chi connectivity index (χ4v) is 9.50. The molecular weight excluding hydrogens is 486 g/mol. The van der Waals surface area contributed by atoms with Gasteiger partial charge in [0.05, 0.1) is 24.7 Å². The van der Waals surface area contributed by atoms with E-state index >= 15 is 0 Å². The number of rotatable bonds is 7. The first-order chi connectivity index (χ1) is 17.9. The minimum Gasteiger partial charge on any atom is -0.469 e. The molecule has 6 aliphatic rings. The van der Waals surface area contributed by atoms with Crippen LogP contribution >= 0.6 is 11.8 Å². The summed E-state index contributed by atoms with van der Waals surface area (Å²) in [5, 5.41) is 15.7. The molecule has 1 aliphatic heterocycles. The molecule has 2 N–H and O–H groups in total. The van der Waals surface area contributed by atoms with Crippen LogP contribution in [-0.2, 0) is 9.53 Å². The van der Waals surface area contributed by atoms with Crippen LogP contribution in [0.15, 0.2) is 17.2 Å². The second-order valence-electron chi connectivity index (χ2n) is 12.5. The van der Waals surface area contributed by atoms with E-state index in [1.807, 2.05) is 12.1 Å². The maximum absolute atomic E-state index is 13.7. The van der Waals surface area contributed by atoms with E-state index in [1.54, 1.807) is 11.8 Å². The number of pyridine rings is 1. The smallest absolute Gasteiger partial charge is 0.305 e. The largest absolute Gasteiger partial charge is 0.469 e. The van der Waals surface area contributed by atoms with Gasteiger partial charge >= 0.3 is 5.97 Å². The van der Waals surface area contributed by atoms with Crippen molar-refractivity contribution in [3.8, 4) is 0 Å². The van der Waals surface area contributed by atoms with Gasteiger partial charge in [-0.1, -0.05) is 19.3 Å². The Balaban J connectivity index is 1.20. The van der Waals surface area contributed by atoms with Gasteiger partial charge in [-0.25, -0.2) is 4.98 Å². The molecule has 7 nitrogen and oxygen atoms in total. The molecule has 5 saturated carbocycles. The van der Waals surface area contributed by atoms with E-state index in [0.29, 0.717) is 35.0 Å². The van der Waals surface area contributed by atoms with E-state index in [0.717, 1.165) is 62.5 Å². The number of carbonyl (C=O) groups excluding carboxylic acids is 2. The molecule has 2 heterocycles. The number of nitrogens with one attached hydrogen (secondary N) is 1. The van der Waals surface area contributed by atoms with Crippen molar-refractivity contribution < 1.29 is 19.4 Å². The molecule has 2 unspecified atom stereocenters. The van der Waals surface area contributed by atoms with Crippen molar-refractivity contribution in [2.75, 3.05) is 25.1 Å². The van der Waals surface area contributed by atoms with Crippen LogP contribution in [0.4, 0.5) is 5.82 Å². The highest BCUT2D eigenvalue weighted by atomic mass is 32.2. The number of esters is 1. The standard InChI is InChI=1S/C29H41N3O4S/c1-36-25(33)13-18-9-10-32(17-18)24-8-7-23(28(30-24)37-22-5-3-2-4-6-22)27(34)31-26-20-11-19-12-21(26)16-29(35,14-19)15-20/h7-8,18-22,26,35H,2-6,9-17H2,1H3,(H,31,34)/t18-,19?,20?,21?,26-,29+/m0/s1. The number of aliphatic hydroxyl groups is 1. The first kappa shape index (κ1) is 25.5. The quantitative estimate of drug-likeness (QED) is 0.502. The summed E-state index contributed by atoms with van der Waals surface area (Å²) in [5.74, 6) is 2.41. The van der Waals surface area contributed by atoms with Gasteiger partial charge in [0.15, 0.2) is 0 Å². The van der Waals surface area contributed by atoms with E-state index in [2.05, 4.69) is 10.2 Å². The van der Waals surface area contributed by atoms with Crippen LogP contribution in [0.3, 0.4) is 0 Å². The van der Waals surface area contributed by atoms with Gasteiger partial charge in [-0.3, -0.25) is 9.59 Å². The number of hydrogen-bond acceptors (Lipinski definition) is 7. The van der Waals surface area contributed by atoms with E-state index in [9.17, 15) is 14.7 Å². The number of anilines is 1. The van der Waals surface area contributed by atoms with Crippen LogP contribution in [0, 0.1) is 23.7 Å². The second kappa shape index (κ2) is 10.4. The van der Waals surface area contributed by atoms with Crippen molar-refractivity contribution in [1.29, 1.82) is 0 Å². The van der Waals surface area contributed by atoms with Gasteiger partial charge in [-0.2, -0.15) is 0 Å². The molecule has 202 valence electrons. The zero-order chi connectivity index (χ0) is 25.6. The lowest BCUT2D eigenvalue weighted by Crippen LogP contribution is -2.61. The Kier molecular flexibility index (Phi) is 7.16. The Hall–Kier alpha value is -1.80. The molecular formula is C29H41N3O4S. The average molecular weight is 528 g/mol. The number of thioether (sulfide) groups is 1. The highest BCUT2D eigenvalue weighted by molar-refractivity contribution is 7.99. The van der Waals surface area contributed by atoms with Crippen LogP contribution in [0.2, 0.25) is 0 Å². The van der Waals surface area contributed by atoms with Gasteiger partial charge in [-0.05, 0) is 87.2 Å². The van der Waals surface area contributed by atoms with Gasteiger partial charge in [-0.15, -0.1) is 11.8 Å². The third-order valence-electron chi connectivity index (χ3n) is 9.75. The fraction of sp³-hybridized carbons (Fsp3) is 0.759. The Bertz CT molecular complexity index is 1010. The number of hydrogen-bond donors (Lipinski definition) is 2. The Morgan fingerprint density at radius 3 is 2.59 bits per heavy atom. The first-order valence-corrected chi connectivity index (χ1v) is 15.3. The maximum atomic E-state index is 13.7. The third kappa shape index (κ3) is 5.38.